The molecule has 0 atom stereocenters. The molecule has 4 rings (SSSR count). The van der Waals surface area contributed by atoms with E-state index in [1.165, 1.54) is 0 Å². The number of benzene rings is 2. The zero-order valence-electron chi connectivity index (χ0n) is 12.4. The Labute approximate surface area is 132 Å². The molecule has 112 valence electrons. The Morgan fingerprint density at radius 2 is 1.65 bits per heavy atom. The van der Waals surface area contributed by atoms with Crippen LogP contribution in [0.3, 0.4) is 0 Å². The third kappa shape index (κ3) is 2.53. The van der Waals surface area contributed by atoms with Gasteiger partial charge >= 0.3 is 0 Å². The third-order valence-electron chi connectivity index (χ3n) is 3.67. The molecule has 0 radical (unpaired) electrons. The van der Waals surface area contributed by atoms with Crippen molar-refractivity contribution in [3.05, 3.63) is 60.6 Å². The van der Waals surface area contributed by atoms with E-state index < -0.39 is 0 Å². The van der Waals surface area contributed by atoms with Crippen molar-refractivity contribution in [1.29, 1.82) is 0 Å². The van der Waals surface area contributed by atoms with Gasteiger partial charge in [-0.05, 0) is 41.5 Å². The maximum Gasteiger partial charge on any atom is 0.223 e. The molecule has 2 aromatic carbocycles. The molecule has 0 spiro atoms. The van der Waals surface area contributed by atoms with Gasteiger partial charge in [-0.15, -0.1) is 0 Å². The largest absolute Gasteiger partial charge is 0.508 e. The van der Waals surface area contributed by atoms with Crippen LogP contribution >= 0.6 is 0 Å². The van der Waals surface area contributed by atoms with E-state index in [-0.39, 0.29) is 5.75 Å². The first-order chi connectivity index (χ1) is 11.2. The van der Waals surface area contributed by atoms with E-state index in [2.05, 4.69) is 21.2 Å². The highest BCUT2D eigenvalue weighted by Crippen LogP contribution is 2.27. The standard InChI is InChI=1S/C18H13N3O2/c1-11-20-18(21-23-11)15-9-14-8-13(4-7-17(14)19-10-15)12-2-5-16(22)6-3-12/h2-10,22H,1H3. The summed E-state index contributed by atoms with van der Waals surface area (Å²) in [6.45, 7) is 1.76. The van der Waals surface area contributed by atoms with E-state index in [1.54, 1.807) is 25.3 Å². The normalized spacial score (nSPS) is 11.0. The zero-order valence-corrected chi connectivity index (χ0v) is 12.4. The van der Waals surface area contributed by atoms with Crippen LogP contribution in [0, 0.1) is 6.92 Å². The van der Waals surface area contributed by atoms with E-state index in [4.69, 9.17) is 4.52 Å². The smallest absolute Gasteiger partial charge is 0.223 e. The summed E-state index contributed by atoms with van der Waals surface area (Å²) in [5.41, 5.74) is 3.81. The van der Waals surface area contributed by atoms with Crippen molar-refractivity contribution in [2.45, 2.75) is 6.92 Å². The molecule has 0 aliphatic rings. The van der Waals surface area contributed by atoms with Crippen LogP contribution < -0.4 is 0 Å². The predicted octanol–water partition coefficient (Wildman–Crippen LogP) is 3.97. The average molecular weight is 303 g/mol. The Morgan fingerprint density at radius 3 is 2.39 bits per heavy atom. The number of hydrogen-bond donors (Lipinski definition) is 1. The summed E-state index contributed by atoms with van der Waals surface area (Å²) >= 11 is 0. The molecular weight excluding hydrogens is 290 g/mol. The molecule has 0 aliphatic heterocycles. The molecule has 5 nitrogen and oxygen atoms in total. The first-order valence-corrected chi connectivity index (χ1v) is 7.19. The van der Waals surface area contributed by atoms with Crippen molar-refractivity contribution in [2.24, 2.45) is 0 Å². The van der Waals surface area contributed by atoms with Gasteiger partial charge in [0.1, 0.15) is 5.75 Å². The van der Waals surface area contributed by atoms with Crippen molar-refractivity contribution in [3.8, 4) is 28.3 Å². The number of aromatic nitrogens is 3. The topological polar surface area (TPSA) is 72.0 Å². The summed E-state index contributed by atoms with van der Waals surface area (Å²) < 4.78 is 5.02. The number of phenolic OH excluding ortho intramolecular Hbond substituents is 1. The second-order valence-electron chi connectivity index (χ2n) is 5.32. The summed E-state index contributed by atoms with van der Waals surface area (Å²) in [6, 6.07) is 15.2. The van der Waals surface area contributed by atoms with Gasteiger partial charge in [0.05, 0.1) is 5.52 Å². The van der Waals surface area contributed by atoms with Gasteiger partial charge in [-0.3, -0.25) is 4.98 Å². The number of phenols is 1. The van der Waals surface area contributed by atoms with Crippen LogP contribution in [0.25, 0.3) is 33.4 Å². The number of aromatic hydroxyl groups is 1. The van der Waals surface area contributed by atoms with Crippen molar-refractivity contribution in [1.82, 2.24) is 15.1 Å². The fraction of sp³-hybridized carbons (Fsp3) is 0.0556. The SMILES string of the molecule is Cc1nc(-c2cnc3ccc(-c4ccc(O)cc4)cc3c2)no1. The van der Waals surface area contributed by atoms with Crippen LogP contribution in [0.2, 0.25) is 0 Å². The molecule has 1 N–H and O–H groups in total. The number of nitrogens with zero attached hydrogens (tertiary/aromatic N) is 3. The van der Waals surface area contributed by atoms with Gasteiger partial charge in [0.2, 0.25) is 11.7 Å². The lowest BCUT2D eigenvalue weighted by atomic mass is 10.0. The number of aryl methyl sites for hydroxylation is 1. The lowest BCUT2D eigenvalue weighted by molar-refractivity contribution is 0.394. The fourth-order valence-electron chi connectivity index (χ4n) is 2.50. The van der Waals surface area contributed by atoms with Crippen LogP contribution in [0.15, 0.2) is 59.3 Å². The lowest BCUT2D eigenvalue weighted by Gasteiger charge is -2.05. The minimum Gasteiger partial charge on any atom is -0.508 e. The van der Waals surface area contributed by atoms with Crippen LogP contribution in [0.5, 0.6) is 5.75 Å². The number of hydrogen-bond acceptors (Lipinski definition) is 5. The molecule has 0 bridgehead atoms. The first kappa shape index (κ1) is 13.5. The number of fused-ring (bicyclic) bond motifs is 1. The Bertz CT molecular complexity index is 991. The van der Waals surface area contributed by atoms with Crippen molar-refractivity contribution in [2.75, 3.05) is 0 Å². The van der Waals surface area contributed by atoms with Gasteiger partial charge in [0.15, 0.2) is 0 Å². The van der Waals surface area contributed by atoms with Crippen molar-refractivity contribution in [3.63, 3.8) is 0 Å². The second kappa shape index (κ2) is 5.21. The zero-order chi connectivity index (χ0) is 15.8. The number of rotatable bonds is 2. The summed E-state index contributed by atoms with van der Waals surface area (Å²) in [5.74, 6) is 1.32. The van der Waals surface area contributed by atoms with Gasteiger partial charge in [0.25, 0.3) is 0 Å². The molecule has 2 heterocycles. The van der Waals surface area contributed by atoms with Crippen molar-refractivity contribution < 1.29 is 9.63 Å². The van der Waals surface area contributed by atoms with Crippen LogP contribution in [0.1, 0.15) is 5.89 Å². The second-order valence-corrected chi connectivity index (χ2v) is 5.32. The molecule has 5 heteroatoms. The molecule has 0 amide bonds. The van der Waals surface area contributed by atoms with Gasteiger partial charge in [-0.1, -0.05) is 23.4 Å². The fourth-order valence-corrected chi connectivity index (χ4v) is 2.50. The molecule has 0 saturated heterocycles. The van der Waals surface area contributed by atoms with E-state index in [9.17, 15) is 5.11 Å². The number of pyridine rings is 1. The Balaban J connectivity index is 1.82. The molecule has 2 aromatic heterocycles. The summed E-state index contributed by atoms with van der Waals surface area (Å²) in [5, 5.41) is 14.3. The molecule has 0 fully saturated rings. The van der Waals surface area contributed by atoms with E-state index in [0.717, 1.165) is 27.6 Å². The molecular formula is C18H13N3O2. The molecule has 4 aromatic rings. The lowest BCUT2D eigenvalue weighted by Crippen LogP contribution is -1.86. The van der Waals surface area contributed by atoms with Gasteiger partial charge in [-0.25, -0.2) is 0 Å². The summed E-state index contributed by atoms with van der Waals surface area (Å²) in [4.78, 5) is 8.69. The highest BCUT2D eigenvalue weighted by Gasteiger charge is 2.08. The predicted molar refractivity (Wildman–Crippen MR) is 86.9 cm³/mol. The Morgan fingerprint density at radius 1 is 0.913 bits per heavy atom. The molecule has 0 aliphatic carbocycles. The maximum atomic E-state index is 9.41. The summed E-state index contributed by atoms with van der Waals surface area (Å²) in [7, 11) is 0. The summed E-state index contributed by atoms with van der Waals surface area (Å²) in [6.07, 6.45) is 1.74. The van der Waals surface area contributed by atoms with E-state index in [0.29, 0.717) is 11.7 Å². The maximum absolute atomic E-state index is 9.41. The Hall–Kier alpha value is -3.21. The van der Waals surface area contributed by atoms with Crippen LogP contribution in [0.4, 0.5) is 0 Å². The minimum atomic E-state index is 0.256. The third-order valence-corrected chi connectivity index (χ3v) is 3.67. The van der Waals surface area contributed by atoms with E-state index in [1.807, 2.05) is 30.3 Å². The van der Waals surface area contributed by atoms with Gasteiger partial charge in [0, 0.05) is 24.1 Å². The monoisotopic (exact) mass is 303 g/mol. The molecule has 0 unspecified atom stereocenters. The molecule has 0 saturated carbocycles. The van der Waals surface area contributed by atoms with Gasteiger partial charge < -0.3 is 9.63 Å². The quantitative estimate of drug-likeness (QED) is 0.606. The van der Waals surface area contributed by atoms with Gasteiger partial charge in [-0.2, -0.15) is 4.98 Å². The highest BCUT2D eigenvalue weighted by atomic mass is 16.5. The van der Waals surface area contributed by atoms with Crippen LogP contribution in [-0.2, 0) is 0 Å². The highest BCUT2D eigenvalue weighted by molar-refractivity contribution is 5.87. The first-order valence-electron chi connectivity index (χ1n) is 7.19. The van der Waals surface area contributed by atoms with Crippen molar-refractivity contribution >= 4 is 10.9 Å². The Kier molecular flexibility index (Phi) is 3.05. The minimum absolute atomic E-state index is 0.256. The molecule has 23 heavy (non-hydrogen) atoms. The van der Waals surface area contributed by atoms with Crippen LogP contribution in [-0.4, -0.2) is 20.2 Å². The average Bonchev–Trinajstić information content (AvgIpc) is 3.01. The van der Waals surface area contributed by atoms with E-state index >= 15 is 0 Å².